The zero-order valence-electron chi connectivity index (χ0n) is 12.3. The number of benzene rings is 1. The predicted molar refractivity (Wildman–Crippen MR) is 82.6 cm³/mol. The summed E-state index contributed by atoms with van der Waals surface area (Å²) in [6.45, 7) is 6.49. The number of hydrogen-bond acceptors (Lipinski definition) is 3. The summed E-state index contributed by atoms with van der Waals surface area (Å²) in [6, 6.07) is 5.41. The second-order valence-corrected chi connectivity index (χ2v) is 5.52. The molecule has 0 saturated carbocycles. The average Bonchev–Trinajstić information content (AvgIpc) is 2.80. The average molecular weight is 287 g/mol. The van der Waals surface area contributed by atoms with Crippen molar-refractivity contribution < 1.29 is 9.90 Å². The van der Waals surface area contributed by atoms with E-state index in [-0.39, 0.29) is 0 Å². The normalized spacial score (nSPS) is 15.3. The van der Waals surface area contributed by atoms with Gasteiger partial charge in [0.1, 0.15) is 0 Å². The molecule has 0 aliphatic carbocycles. The van der Waals surface area contributed by atoms with Crippen LogP contribution in [-0.2, 0) is 19.5 Å². The number of aromatic carboxylic acids is 1. The second-order valence-electron chi connectivity index (χ2n) is 5.52. The Kier molecular flexibility index (Phi) is 3.69. The summed E-state index contributed by atoms with van der Waals surface area (Å²) in [5.74, 6) is -0.875. The number of nitrogens with zero attached hydrogens (tertiary/aromatic N) is 2. The number of aromatic nitrogens is 1. The summed E-state index contributed by atoms with van der Waals surface area (Å²) in [4.78, 5) is 13.6. The molecule has 112 valence electrons. The zero-order chi connectivity index (χ0) is 15.0. The number of carbonyl (C=O) groups is 1. The Hall–Kier alpha value is -1.85. The molecule has 5 heteroatoms. The molecule has 0 saturated heterocycles. The van der Waals surface area contributed by atoms with Gasteiger partial charge in [-0.15, -0.1) is 0 Å². The number of carboxylic acids is 1. The molecule has 1 aliphatic heterocycles. The lowest BCUT2D eigenvalue weighted by atomic mass is 10.0. The molecule has 3 rings (SSSR count). The number of fused-ring (bicyclic) bond motifs is 3. The Balaban J connectivity index is 2.20. The molecule has 2 heterocycles. The van der Waals surface area contributed by atoms with Crippen molar-refractivity contribution in [2.75, 3.05) is 19.6 Å². The summed E-state index contributed by atoms with van der Waals surface area (Å²) in [7, 11) is 0. The van der Waals surface area contributed by atoms with Gasteiger partial charge >= 0.3 is 5.97 Å². The highest BCUT2D eigenvalue weighted by Gasteiger charge is 2.23. The fourth-order valence-electron chi connectivity index (χ4n) is 3.29. The van der Waals surface area contributed by atoms with Crippen molar-refractivity contribution in [2.45, 2.75) is 26.4 Å². The second kappa shape index (κ2) is 5.50. The van der Waals surface area contributed by atoms with Gasteiger partial charge in [-0.1, -0.05) is 6.92 Å². The van der Waals surface area contributed by atoms with E-state index in [9.17, 15) is 9.90 Å². The third-order valence-corrected chi connectivity index (χ3v) is 4.38. The molecule has 0 spiro atoms. The van der Waals surface area contributed by atoms with Crippen LogP contribution in [0.15, 0.2) is 18.2 Å². The van der Waals surface area contributed by atoms with E-state index in [4.69, 9.17) is 5.73 Å². The van der Waals surface area contributed by atoms with E-state index in [1.165, 1.54) is 11.3 Å². The number of nitrogens with two attached hydrogens (primary N) is 1. The quantitative estimate of drug-likeness (QED) is 0.897. The summed E-state index contributed by atoms with van der Waals surface area (Å²) in [5.41, 5.74) is 9.80. The minimum absolute atomic E-state index is 0.351. The van der Waals surface area contributed by atoms with Crippen LogP contribution >= 0.6 is 0 Å². The van der Waals surface area contributed by atoms with Gasteiger partial charge in [0.05, 0.1) is 5.56 Å². The van der Waals surface area contributed by atoms with Gasteiger partial charge in [0.15, 0.2) is 0 Å². The first-order valence-electron chi connectivity index (χ1n) is 7.45. The molecule has 1 aromatic heterocycles. The number of likely N-dealkylation sites (N-methyl/N-ethyl adjacent to an activating group) is 1. The molecule has 0 atom stereocenters. The van der Waals surface area contributed by atoms with Gasteiger partial charge in [0.25, 0.3) is 0 Å². The van der Waals surface area contributed by atoms with Crippen LogP contribution in [0.3, 0.4) is 0 Å². The lowest BCUT2D eigenvalue weighted by molar-refractivity contribution is 0.0697. The maximum absolute atomic E-state index is 11.2. The Labute approximate surface area is 124 Å². The van der Waals surface area contributed by atoms with E-state index < -0.39 is 5.97 Å². The van der Waals surface area contributed by atoms with Crippen LogP contribution in [0.4, 0.5) is 0 Å². The molecule has 5 nitrogen and oxygen atoms in total. The van der Waals surface area contributed by atoms with Crippen LogP contribution in [0, 0.1) is 0 Å². The standard InChI is InChI=1S/C16H21N3O2/c1-2-18-7-5-15-13(10-18)12-9-11(16(20)21)3-4-14(12)19(15)8-6-17/h3-4,9H,2,5-8,10,17H2,1H3,(H,20,21). The lowest BCUT2D eigenvalue weighted by Gasteiger charge is -2.26. The molecule has 1 aromatic carbocycles. The first-order valence-corrected chi connectivity index (χ1v) is 7.45. The highest BCUT2D eigenvalue weighted by molar-refractivity contribution is 5.95. The fraction of sp³-hybridized carbons (Fsp3) is 0.438. The number of hydrogen-bond donors (Lipinski definition) is 2. The van der Waals surface area contributed by atoms with Crippen molar-refractivity contribution in [1.82, 2.24) is 9.47 Å². The third-order valence-electron chi connectivity index (χ3n) is 4.38. The van der Waals surface area contributed by atoms with Crippen molar-refractivity contribution in [3.05, 3.63) is 35.0 Å². The summed E-state index contributed by atoms with van der Waals surface area (Å²) in [6.07, 6.45) is 1.00. The highest BCUT2D eigenvalue weighted by atomic mass is 16.4. The number of rotatable bonds is 4. The number of carboxylic acid groups (broad SMARTS) is 1. The lowest BCUT2D eigenvalue weighted by Crippen LogP contribution is -2.31. The monoisotopic (exact) mass is 287 g/mol. The van der Waals surface area contributed by atoms with Gasteiger partial charge in [-0.25, -0.2) is 4.79 Å². The molecule has 0 fully saturated rings. The Morgan fingerprint density at radius 2 is 2.24 bits per heavy atom. The topological polar surface area (TPSA) is 71.5 Å². The van der Waals surface area contributed by atoms with E-state index in [0.29, 0.717) is 12.1 Å². The van der Waals surface area contributed by atoms with Crippen molar-refractivity contribution in [3.8, 4) is 0 Å². The van der Waals surface area contributed by atoms with E-state index in [0.717, 1.165) is 43.5 Å². The van der Waals surface area contributed by atoms with Crippen LogP contribution in [0.2, 0.25) is 0 Å². The highest BCUT2D eigenvalue weighted by Crippen LogP contribution is 2.31. The summed E-state index contributed by atoms with van der Waals surface area (Å²) < 4.78 is 2.27. The Bertz CT molecular complexity index is 690. The molecule has 0 unspecified atom stereocenters. The van der Waals surface area contributed by atoms with Crippen molar-refractivity contribution in [2.24, 2.45) is 5.73 Å². The van der Waals surface area contributed by atoms with Gasteiger partial charge in [0.2, 0.25) is 0 Å². The maximum Gasteiger partial charge on any atom is 0.335 e. The van der Waals surface area contributed by atoms with Crippen LogP contribution in [0.5, 0.6) is 0 Å². The first kappa shape index (κ1) is 14.1. The fourth-order valence-corrected chi connectivity index (χ4v) is 3.29. The smallest absolute Gasteiger partial charge is 0.335 e. The SMILES string of the molecule is CCN1CCc2c(c3cc(C(=O)O)ccc3n2CCN)C1. The first-order chi connectivity index (χ1) is 10.2. The van der Waals surface area contributed by atoms with E-state index in [2.05, 4.69) is 16.4 Å². The van der Waals surface area contributed by atoms with Gasteiger partial charge in [-0.05, 0) is 30.3 Å². The molecule has 2 aromatic rings. The van der Waals surface area contributed by atoms with Crippen LogP contribution in [0.1, 0.15) is 28.5 Å². The van der Waals surface area contributed by atoms with Gasteiger partial charge in [0, 0.05) is 49.2 Å². The van der Waals surface area contributed by atoms with Gasteiger partial charge in [-0.3, -0.25) is 4.90 Å². The minimum atomic E-state index is -0.875. The van der Waals surface area contributed by atoms with Crippen LogP contribution in [0.25, 0.3) is 10.9 Å². The molecule has 1 aliphatic rings. The molecule has 0 amide bonds. The summed E-state index contributed by atoms with van der Waals surface area (Å²) in [5, 5.41) is 10.3. The molecule has 0 bridgehead atoms. The minimum Gasteiger partial charge on any atom is -0.478 e. The van der Waals surface area contributed by atoms with Crippen LogP contribution in [-0.4, -0.2) is 40.2 Å². The Morgan fingerprint density at radius 3 is 2.90 bits per heavy atom. The van der Waals surface area contributed by atoms with Crippen molar-refractivity contribution in [3.63, 3.8) is 0 Å². The van der Waals surface area contributed by atoms with E-state index in [1.807, 2.05) is 12.1 Å². The molecule has 3 N–H and O–H groups in total. The van der Waals surface area contributed by atoms with Gasteiger partial charge in [-0.2, -0.15) is 0 Å². The predicted octanol–water partition coefficient (Wildman–Crippen LogP) is 1.68. The third kappa shape index (κ3) is 2.32. The zero-order valence-corrected chi connectivity index (χ0v) is 12.3. The molecular formula is C16H21N3O2. The van der Waals surface area contributed by atoms with Crippen molar-refractivity contribution >= 4 is 16.9 Å². The molecule has 0 radical (unpaired) electrons. The molecule has 21 heavy (non-hydrogen) atoms. The van der Waals surface area contributed by atoms with E-state index >= 15 is 0 Å². The van der Waals surface area contributed by atoms with Crippen molar-refractivity contribution in [1.29, 1.82) is 0 Å². The summed E-state index contributed by atoms with van der Waals surface area (Å²) >= 11 is 0. The Morgan fingerprint density at radius 1 is 1.43 bits per heavy atom. The maximum atomic E-state index is 11.2. The van der Waals surface area contributed by atoms with Gasteiger partial charge < -0.3 is 15.4 Å². The van der Waals surface area contributed by atoms with E-state index in [1.54, 1.807) is 6.07 Å². The largest absolute Gasteiger partial charge is 0.478 e. The van der Waals surface area contributed by atoms with Crippen LogP contribution < -0.4 is 5.73 Å². The molecular weight excluding hydrogens is 266 g/mol.